The Morgan fingerprint density at radius 1 is 0.964 bits per heavy atom. The minimum Gasteiger partial charge on any atom is -0.384 e. The number of hydrogen-bond acceptors (Lipinski definition) is 3. The molecule has 0 saturated heterocycles. The number of hydrogen-bond donors (Lipinski definition) is 1. The Morgan fingerprint density at radius 2 is 1.54 bits per heavy atom. The second-order valence-corrected chi connectivity index (χ2v) is 11.1. The second-order valence-electron chi connectivity index (χ2n) is 9.12. The van der Waals surface area contributed by atoms with E-state index in [4.69, 9.17) is 0 Å². The Balaban J connectivity index is 1.86. The highest BCUT2D eigenvalue weighted by atomic mass is 32.2. The maximum Gasteiger partial charge on any atom is 0.175 e. The number of rotatable bonds is 4. The molecule has 2 atom stereocenters. The molecule has 2 aromatic carbocycles. The van der Waals surface area contributed by atoms with E-state index in [1.54, 1.807) is 30.3 Å². The summed E-state index contributed by atoms with van der Waals surface area (Å²) in [4.78, 5) is 0.294. The molecule has 3 nitrogen and oxygen atoms in total. The summed E-state index contributed by atoms with van der Waals surface area (Å²) in [6.45, 7) is 11.4. The molecular weight excluding hydrogens is 368 g/mol. The van der Waals surface area contributed by atoms with Crippen LogP contribution in [-0.2, 0) is 20.7 Å². The van der Waals surface area contributed by atoms with Gasteiger partial charge in [-0.1, -0.05) is 77.1 Å². The Hall–Kier alpha value is -1.91. The normalized spacial score (nSPS) is 21.6. The van der Waals surface area contributed by atoms with E-state index in [0.29, 0.717) is 10.8 Å². The van der Waals surface area contributed by atoms with Crippen LogP contribution in [0, 0.1) is 5.92 Å². The Bertz CT molecular complexity index is 1010. The van der Waals surface area contributed by atoms with Gasteiger partial charge in [-0.2, -0.15) is 0 Å². The first kappa shape index (κ1) is 20.8. The number of sulfone groups is 1. The van der Waals surface area contributed by atoms with Crippen molar-refractivity contribution >= 4 is 15.9 Å². The van der Waals surface area contributed by atoms with Crippen LogP contribution < -0.4 is 0 Å². The first-order valence-electron chi connectivity index (χ1n) is 9.66. The van der Waals surface area contributed by atoms with Crippen LogP contribution in [0.15, 0.2) is 53.4 Å². The van der Waals surface area contributed by atoms with Crippen LogP contribution >= 0.6 is 0 Å². The Morgan fingerprint density at radius 3 is 2.11 bits per heavy atom. The number of aliphatic hydroxyl groups excluding tert-OH is 1. The first-order chi connectivity index (χ1) is 12.8. The summed E-state index contributed by atoms with van der Waals surface area (Å²) in [5.41, 5.74) is 4.57. The van der Waals surface area contributed by atoms with E-state index in [1.807, 2.05) is 12.1 Å². The molecule has 0 amide bonds. The summed E-state index contributed by atoms with van der Waals surface area (Å²) >= 11 is 0. The van der Waals surface area contributed by atoms with Gasteiger partial charge < -0.3 is 5.11 Å². The fraction of sp³-hybridized carbons (Fsp3) is 0.417. The molecule has 1 N–H and O–H groups in total. The zero-order chi connectivity index (χ0) is 20.9. The van der Waals surface area contributed by atoms with Crippen molar-refractivity contribution in [3.05, 3.63) is 70.8 Å². The van der Waals surface area contributed by atoms with Gasteiger partial charge >= 0.3 is 0 Å². The van der Waals surface area contributed by atoms with Gasteiger partial charge in [0, 0.05) is 6.26 Å². The quantitative estimate of drug-likeness (QED) is 0.785. The van der Waals surface area contributed by atoms with Crippen molar-refractivity contribution in [3.8, 4) is 0 Å². The average Bonchev–Trinajstić information content (AvgIpc) is 2.77. The van der Waals surface area contributed by atoms with Crippen LogP contribution in [0.1, 0.15) is 63.0 Å². The standard InChI is InChI=1S/C24H30O3S/c1-16-23(2,3)20-13-10-18(15-21(20)24(16,4)5)22(25)14-9-17-7-11-19(12-8-17)28(6,26)27/h7-16,22,25H,1-6H3. The lowest BCUT2D eigenvalue weighted by Crippen LogP contribution is -2.30. The van der Waals surface area contributed by atoms with Crippen molar-refractivity contribution in [2.24, 2.45) is 5.92 Å². The third-order valence-electron chi connectivity index (χ3n) is 6.72. The van der Waals surface area contributed by atoms with Crippen molar-refractivity contribution in [3.63, 3.8) is 0 Å². The molecule has 0 bridgehead atoms. The summed E-state index contributed by atoms with van der Waals surface area (Å²) in [5.74, 6) is 0.506. The van der Waals surface area contributed by atoms with Gasteiger partial charge in [-0.25, -0.2) is 8.42 Å². The van der Waals surface area contributed by atoms with Crippen LogP contribution in [-0.4, -0.2) is 19.8 Å². The highest BCUT2D eigenvalue weighted by molar-refractivity contribution is 7.90. The monoisotopic (exact) mass is 398 g/mol. The third kappa shape index (κ3) is 3.56. The second kappa shape index (κ2) is 6.85. The topological polar surface area (TPSA) is 54.4 Å². The lowest BCUT2D eigenvalue weighted by atomic mass is 9.71. The molecule has 28 heavy (non-hydrogen) atoms. The van der Waals surface area contributed by atoms with Crippen molar-refractivity contribution < 1.29 is 13.5 Å². The molecule has 0 aromatic heterocycles. The molecule has 0 spiro atoms. The van der Waals surface area contributed by atoms with Crippen LogP contribution in [0.2, 0.25) is 0 Å². The molecule has 4 heteroatoms. The Labute approximate surface area is 169 Å². The molecule has 0 saturated carbocycles. The lowest BCUT2D eigenvalue weighted by molar-refractivity contribution is 0.229. The molecule has 1 aliphatic rings. The van der Waals surface area contributed by atoms with E-state index in [9.17, 15) is 13.5 Å². The predicted molar refractivity (Wildman–Crippen MR) is 115 cm³/mol. The summed E-state index contributed by atoms with van der Waals surface area (Å²) < 4.78 is 23.1. The van der Waals surface area contributed by atoms with Gasteiger partial charge in [0.15, 0.2) is 9.84 Å². The molecule has 0 heterocycles. The Kier molecular flexibility index (Phi) is 5.10. The zero-order valence-corrected chi connectivity index (χ0v) is 18.3. The van der Waals surface area contributed by atoms with Crippen molar-refractivity contribution in [2.45, 2.75) is 56.4 Å². The molecule has 2 unspecified atom stereocenters. The smallest absolute Gasteiger partial charge is 0.175 e. The van der Waals surface area contributed by atoms with E-state index >= 15 is 0 Å². The summed E-state index contributed by atoms with van der Waals surface area (Å²) in [5, 5.41) is 10.7. The minimum atomic E-state index is -3.20. The van der Waals surface area contributed by atoms with Gasteiger partial charge in [-0.3, -0.25) is 0 Å². The molecule has 0 aliphatic heterocycles. The zero-order valence-electron chi connectivity index (χ0n) is 17.5. The maximum atomic E-state index is 11.6. The molecule has 1 aliphatic carbocycles. The van der Waals surface area contributed by atoms with Crippen molar-refractivity contribution in [1.29, 1.82) is 0 Å². The SMILES string of the molecule is CC1C(C)(C)c2ccc(C(O)C=Cc3ccc(S(C)(=O)=O)cc3)cc2C1(C)C. The minimum absolute atomic E-state index is 0.0553. The van der Waals surface area contributed by atoms with Gasteiger partial charge in [0.2, 0.25) is 0 Å². The fourth-order valence-corrected chi connectivity index (χ4v) is 4.98. The first-order valence-corrected chi connectivity index (χ1v) is 11.6. The molecule has 3 rings (SSSR count). The predicted octanol–water partition coefficient (Wildman–Crippen LogP) is 5.04. The van der Waals surface area contributed by atoms with Gasteiger partial charge in [0.25, 0.3) is 0 Å². The largest absolute Gasteiger partial charge is 0.384 e. The van der Waals surface area contributed by atoms with Gasteiger partial charge in [0.05, 0.1) is 11.0 Å². The van der Waals surface area contributed by atoms with Crippen LogP contribution in [0.3, 0.4) is 0 Å². The van der Waals surface area contributed by atoms with E-state index in [0.717, 1.165) is 11.1 Å². The van der Waals surface area contributed by atoms with Crippen LogP contribution in [0.5, 0.6) is 0 Å². The molecule has 0 radical (unpaired) electrons. The molecular formula is C24H30O3S. The van der Waals surface area contributed by atoms with Crippen LogP contribution in [0.25, 0.3) is 6.08 Å². The highest BCUT2D eigenvalue weighted by Crippen LogP contribution is 2.53. The van der Waals surface area contributed by atoms with Gasteiger partial charge in [0.1, 0.15) is 0 Å². The summed E-state index contributed by atoms with van der Waals surface area (Å²) in [7, 11) is -3.20. The third-order valence-corrected chi connectivity index (χ3v) is 7.85. The van der Waals surface area contributed by atoms with E-state index in [1.165, 1.54) is 17.4 Å². The average molecular weight is 399 g/mol. The molecule has 150 valence electrons. The summed E-state index contributed by atoms with van der Waals surface area (Å²) in [6, 6.07) is 13.0. The van der Waals surface area contributed by atoms with Crippen molar-refractivity contribution in [1.82, 2.24) is 0 Å². The molecule has 2 aromatic rings. The number of benzene rings is 2. The fourth-order valence-electron chi connectivity index (χ4n) is 4.35. The van der Waals surface area contributed by atoms with Crippen molar-refractivity contribution in [2.75, 3.05) is 6.26 Å². The summed E-state index contributed by atoms with van der Waals surface area (Å²) in [6.07, 6.45) is 4.05. The van der Waals surface area contributed by atoms with Crippen LogP contribution in [0.4, 0.5) is 0 Å². The molecule has 0 fully saturated rings. The number of fused-ring (bicyclic) bond motifs is 1. The number of aliphatic hydroxyl groups is 1. The maximum absolute atomic E-state index is 11.6. The van der Waals surface area contributed by atoms with E-state index < -0.39 is 15.9 Å². The van der Waals surface area contributed by atoms with E-state index in [-0.39, 0.29) is 10.8 Å². The highest BCUT2D eigenvalue weighted by Gasteiger charge is 2.48. The van der Waals surface area contributed by atoms with Gasteiger partial charge in [-0.15, -0.1) is 0 Å². The lowest BCUT2D eigenvalue weighted by Gasteiger charge is -2.32. The van der Waals surface area contributed by atoms with E-state index in [2.05, 4.69) is 46.8 Å². The van der Waals surface area contributed by atoms with Gasteiger partial charge in [-0.05, 0) is 51.1 Å².